The van der Waals surface area contributed by atoms with E-state index >= 15 is 0 Å². The van der Waals surface area contributed by atoms with Crippen LogP contribution in [-0.4, -0.2) is 44.2 Å². The monoisotopic (exact) mass is 607 g/mol. The molecule has 3 aliphatic rings. The molecule has 0 aromatic heterocycles. The number of Topliss-reactive ketones (excluding diaryl/α,β-unsaturated/α-hetero) is 1. The number of rotatable bonds is 7. The molecule has 1 heterocycles. The molecule has 0 amide bonds. The van der Waals surface area contributed by atoms with E-state index in [1.54, 1.807) is 0 Å². The fourth-order valence-corrected chi connectivity index (χ4v) is 9.27. The number of β-amino-alcohol motifs (C(OH)–C–C–N with tert-alkyl or cyclic N) is 1. The molecule has 12 heteroatoms. The number of benzene rings is 2. The quantitative estimate of drug-likeness (QED) is 0.329. The summed E-state index contributed by atoms with van der Waals surface area (Å²) in [5, 5.41) is 13.3. The van der Waals surface area contributed by atoms with Crippen LogP contribution in [0.15, 0.2) is 47.4 Å². The Bertz CT molecular complexity index is 1390. The molecule has 1 unspecified atom stereocenters. The van der Waals surface area contributed by atoms with Crippen molar-refractivity contribution in [1.82, 2.24) is 5.32 Å². The van der Waals surface area contributed by atoms with Crippen molar-refractivity contribution in [2.45, 2.75) is 72.5 Å². The van der Waals surface area contributed by atoms with Gasteiger partial charge in [0.2, 0.25) is 5.67 Å². The number of aliphatic hydroxyl groups is 1. The van der Waals surface area contributed by atoms with Crippen LogP contribution in [0.4, 0.5) is 22.0 Å². The van der Waals surface area contributed by atoms with E-state index in [4.69, 9.17) is 0 Å². The first-order valence-electron chi connectivity index (χ1n) is 13.0. The average Bonchev–Trinajstić information content (AvgIpc) is 3.22. The van der Waals surface area contributed by atoms with Crippen molar-refractivity contribution in [2.24, 2.45) is 11.8 Å². The molecular weight excluding hydrogens is 577 g/mol. The highest BCUT2D eigenvalue weighted by Gasteiger charge is 2.61. The van der Waals surface area contributed by atoms with Crippen molar-refractivity contribution < 1.29 is 40.3 Å². The Morgan fingerprint density at radius 3 is 2.30 bits per heavy atom. The lowest BCUT2D eigenvalue weighted by Crippen LogP contribution is -2.60. The summed E-state index contributed by atoms with van der Waals surface area (Å²) in [7, 11) is -4.22. The molecular formula is C28H31ClF5NO4S. The zero-order valence-electron chi connectivity index (χ0n) is 21.7. The summed E-state index contributed by atoms with van der Waals surface area (Å²) in [4.78, 5) is 12.8. The molecule has 220 valence electrons. The standard InChI is InChI=1S/C28H30F5NO4S.ClH/c1-25(30,28(31,32)33)19-3-9-24-17(12-19)2-8-23-18(13-21(35)14-26(36)15-34-16-26)10-11-27(23,24)39(37,38)22-6-4-20(29)5-7-22;/h3-7,9,12,18,23,34,36H,2,8,10-11,13-16H2,1H3;1H/t18-,23-,25?,27-;/m0./s1. The molecule has 2 aliphatic carbocycles. The third kappa shape index (κ3) is 4.86. The molecule has 2 aromatic carbocycles. The van der Waals surface area contributed by atoms with Gasteiger partial charge in [-0.1, -0.05) is 18.2 Å². The third-order valence-electron chi connectivity index (χ3n) is 8.94. The normalized spacial score (nSPS) is 27.0. The van der Waals surface area contributed by atoms with Crippen molar-refractivity contribution >= 4 is 28.0 Å². The summed E-state index contributed by atoms with van der Waals surface area (Å²) in [6.45, 7) is 1.04. The number of alkyl halides is 4. The van der Waals surface area contributed by atoms with Gasteiger partial charge in [-0.2, -0.15) is 13.2 Å². The molecule has 1 saturated heterocycles. The molecule has 0 radical (unpaired) electrons. The molecule has 5 nitrogen and oxygen atoms in total. The molecule has 2 N–H and O–H groups in total. The van der Waals surface area contributed by atoms with Gasteiger partial charge in [0.05, 0.1) is 10.5 Å². The topological polar surface area (TPSA) is 83.5 Å². The average molecular weight is 608 g/mol. The number of carbonyl (C=O) groups excluding carboxylic acids is 1. The third-order valence-corrected chi connectivity index (χ3v) is 11.5. The van der Waals surface area contributed by atoms with E-state index in [2.05, 4.69) is 5.32 Å². The first-order chi connectivity index (χ1) is 18.1. The Labute approximate surface area is 235 Å². The lowest BCUT2D eigenvalue weighted by atomic mass is 9.71. The van der Waals surface area contributed by atoms with Crippen molar-refractivity contribution in [3.63, 3.8) is 0 Å². The molecule has 2 aromatic rings. The van der Waals surface area contributed by atoms with Crippen LogP contribution in [-0.2, 0) is 31.5 Å². The van der Waals surface area contributed by atoms with Crippen LogP contribution in [0, 0.1) is 17.7 Å². The second-order valence-corrected chi connectivity index (χ2v) is 13.6. The van der Waals surface area contributed by atoms with E-state index in [1.807, 2.05) is 0 Å². The van der Waals surface area contributed by atoms with Crippen molar-refractivity contribution in [1.29, 1.82) is 0 Å². The second-order valence-electron chi connectivity index (χ2n) is 11.4. The number of hydrogen-bond acceptors (Lipinski definition) is 5. The highest BCUT2D eigenvalue weighted by atomic mass is 35.5. The Morgan fingerprint density at radius 2 is 1.73 bits per heavy atom. The summed E-state index contributed by atoms with van der Waals surface area (Å²) in [6, 6.07) is 7.79. The van der Waals surface area contributed by atoms with Crippen LogP contribution in [0.25, 0.3) is 0 Å². The second kappa shape index (κ2) is 10.3. The van der Waals surface area contributed by atoms with Gasteiger partial charge in [-0.3, -0.25) is 4.79 Å². The lowest BCUT2D eigenvalue weighted by molar-refractivity contribution is -0.228. The van der Waals surface area contributed by atoms with Crippen LogP contribution >= 0.6 is 12.4 Å². The molecule has 1 saturated carbocycles. The van der Waals surface area contributed by atoms with Gasteiger partial charge in [-0.25, -0.2) is 17.2 Å². The molecule has 5 rings (SSSR count). The number of nitrogens with one attached hydrogen (secondary N) is 1. The number of halogens is 6. The highest BCUT2D eigenvalue weighted by Crippen LogP contribution is 2.60. The molecule has 1 aliphatic heterocycles. The summed E-state index contributed by atoms with van der Waals surface area (Å²) < 4.78 is 95.9. The summed E-state index contributed by atoms with van der Waals surface area (Å²) >= 11 is 0. The van der Waals surface area contributed by atoms with E-state index in [9.17, 15) is 40.3 Å². The maximum atomic E-state index is 14.8. The molecule has 0 spiro atoms. The number of carbonyl (C=O) groups is 1. The Kier molecular flexibility index (Phi) is 7.97. The Balaban J connectivity index is 0.00000370. The fraction of sp³-hybridized carbons (Fsp3) is 0.536. The molecule has 0 bridgehead atoms. The van der Waals surface area contributed by atoms with Gasteiger partial charge in [-0.05, 0) is 85.4 Å². The molecule has 2 fully saturated rings. The van der Waals surface area contributed by atoms with Gasteiger partial charge in [0.15, 0.2) is 9.84 Å². The van der Waals surface area contributed by atoms with Gasteiger partial charge in [0.25, 0.3) is 0 Å². The van der Waals surface area contributed by atoms with Crippen LogP contribution in [0.5, 0.6) is 0 Å². The van der Waals surface area contributed by atoms with Crippen LogP contribution in [0.2, 0.25) is 0 Å². The van der Waals surface area contributed by atoms with Gasteiger partial charge in [0, 0.05) is 25.9 Å². The van der Waals surface area contributed by atoms with Gasteiger partial charge in [0.1, 0.15) is 16.3 Å². The van der Waals surface area contributed by atoms with Gasteiger partial charge < -0.3 is 10.4 Å². The van der Waals surface area contributed by atoms with Crippen molar-refractivity contribution in [3.05, 3.63) is 65.0 Å². The SMILES string of the molecule is CC(F)(c1ccc2c(c1)CC[C@H]1[C@H](CC(=O)CC3(O)CNC3)CC[C@@]21S(=O)(=O)c1ccc(F)cc1)C(F)(F)F.Cl. The van der Waals surface area contributed by atoms with Crippen LogP contribution in [0.1, 0.15) is 55.7 Å². The van der Waals surface area contributed by atoms with Crippen molar-refractivity contribution in [2.75, 3.05) is 13.1 Å². The molecule has 40 heavy (non-hydrogen) atoms. The minimum atomic E-state index is -5.16. The highest BCUT2D eigenvalue weighted by molar-refractivity contribution is 7.92. The largest absolute Gasteiger partial charge is 0.426 e. The van der Waals surface area contributed by atoms with E-state index in [-0.39, 0.29) is 61.1 Å². The van der Waals surface area contributed by atoms with Crippen LogP contribution < -0.4 is 5.32 Å². The zero-order valence-corrected chi connectivity index (χ0v) is 23.4. The predicted octanol–water partition coefficient (Wildman–Crippen LogP) is 5.32. The number of fused-ring (bicyclic) bond motifs is 3. The number of aryl methyl sites for hydroxylation is 1. The lowest BCUT2D eigenvalue weighted by Gasteiger charge is -2.43. The minimum Gasteiger partial charge on any atom is -0.387 e. The summed E-state index contributed by atoms with van der Waals surface area (Å²) in [5.41, 5.74) is -4.71. The maximum Gasteiger partial charge on any atom is 0.426 e. The van der Waals surface area contributed by atoms with Gasteiger partial charge >= 0.3 is 6.18 Å². The fourth-order valence-electron chi connectivity index (χ4n) is 6.77. The Morgan fingerprint density at radius 1 is 1.07 bits per heavy atom. The van der Waals surface area contributed by atoms with E-state index in [0.29, 0.717) is 37.6 Å². The molecule has 4 atom stereocenters. The predicted molar refractivity (Wildman–Crippen MR) is 140 cm³/mol. The van der Waals surface area contributed by atoms with E-state index in [1.165, 1.54) is 18.2 Å². The van der Waals surface area contributed by atoms with E-state index in [0.717, 1.165) is 24.3 Å². The zero-order chi connectivity index (χ0) is 28.4. The van der Waals surface area contributed by atoms with Gasteiger partial charge in [-0.15, -0.1) is 12.4 Å². The first-order valence-corrected chi connectivity index (χ1v) is 14.4. The first kappa shape index (κ1) is 30.9. The number of sulfone groups is 1. The number of ketones is 1. The maximum absolute atomic E-state index is 14.8. The Hall–Kier alpha value is -2.08. The van der Waals surface area contributed by atoms with E-state index < -0.39 is 49.3 Å². The minimum absolute atomic E-state index is 0. The summed E-state index contributed by atoms with van der Waals surface area (Å²) in [6.07, 6.45) is -4.16. The summed E-state index contributed by atoms with van der Waals surface area (Å²) in [5.74, 6) is -1.68. The van der Waals surface area contributed by atoms with Crippen LogP contribution in [0.3, 0.4) is 0 Å². The smallest absolute Gasteiger partial charge is 0.387 e. The number of hydrogen-bond donors (Lipinski definition) is 2. The van der Waals surface area contributed by atoms with Crippen molar-refractivity contribution in [3.8, 4) is 0 Å².